The summed E-state index contributed by atoms with van der Waals surface area (Å²) in [4.78, 5) is 24.6. The van der Waals surface area contributed by atoms with Crippen molar-refractivity contribution in [2.24, 2.45) is 0 Å². The highest BCUT2D eigenvalue weighted by Crippen LogP contribution is 2.19. The van der Waals surface area contributed by atoms with Gasteiger partial charge in [0.2, 0.25) is 5.91 Å². The Bertz CT molecular complexity index is 1160. The fourth-order valence-electron chi connectivity index (χ4n) is 11.4. The molecule has 0 aromatic rings. The second-order valence-electron chi connectivity index (χ2n) is 24.6. The van der Waals surface area contributed by atoms with Crippen molar-refractivity contribution >= 4 is 11.9 Å². The molecule has 6 heteroatoms. The molecule has 0 aliphatic carbocycles. The maximum Gasteiger partial charge on any atom is 0.305 e. The first-order valence-corrected chi connectivity index (χ1v) is 35.4. The summed E-state index contributed by atoms with van der Waals surface area (Å²) in [5.41, 5.74) is 0. The van der Waals surface area contributed by atoms with Crippen LogP contribution >= 0.6 is 0 Å². The highest BCUT2D eigenvalue weighted by molar-refractivity contribution is 5.76. The van der Waals surface area contributed by atoms with Crippen LogP contribution in [0.2, 0.25) is 0 Å². The lowest BCUT2D eigenvalue weighted by atomic mass is 10.0. The van der Waals surface area contributed by atoms with Crippen LogP contribution in [0.4, 0.5) is 0 Å². The van der Waals surface area contributed by atoms with Crippen LogP contribution in [0.25, 0.3) is 0 Å². The molecule has 0 aromatic heterocycles. The van der Waals surface area contributed by atoms with Crippen LogP contribution < -0.4 is 5.32 Å². The Morgan fingerprint density at radius 2 is 0.610 bits per heavy atom. The van der Waals surface area contributed by atoms with Gasteiger partial charge in [0.1, 0.15) is 0 Å². The second kappa shape index (κ2) is 67.1. The molecule has 0 bridgehead atoms. The van der Waals surface area contributed by atoms with Crippen LogP contribution in [0, 0.1) is 0 Å². The molecule has 77 heavy (non-hydrogen) atoms. The van der Waals surface area contributed by atoms with Gasteiger partial charge in [0.05, 0.1) is 25.4 Å². The predicted octanol–water partition coefficient (Wildman–Crippen LogP) is 22.8. The molecule has 0 fully saturated rings. The summed E-state index contributed by atoms with van der Waals surface area (Å²) in [6, 6.07) is -0.542. The Morgan fingerprint density at radius 1 is 0.351 bits per heavy atom. The van der Waals surface area contributed by atoms with Gasteiger partial charge in [-0.1, -0.05) is 353 Å². The molecule has 0 heterocycles. The minimum atomic E-state index is -0.665. The van der Waals surface area contributed by atoms with Gasteiger partial charge >= 0.3 is 5.97 Å². The van der Waals surface area contributed by atoms with E-state index in [1.807, 2.05) is 0 Å². The first kappa shape index (κ1) is 75.6. The van der Waals surface area contributed by atoms with Crippen molar-refractivity contribution in [3.8, 4) is 0 Å². The van der Waals surface area contributed by atoms with Crippen molar-refractivity contribution in [1.29, 1.82) is 0 Å². The second-order valence-corrected chi connectivity index (χ2v) is 24.6. The van der Waals surface area contributed by atoms with Crippen LogP contribution in [0.1, 0.15) is 406 Å². The SMILES string of the molecule is CCCCCCC/C=C\CCCCCCCC(=O)OCCCCCCCCCCCCCCCCCCCCCCCCCC(=O)NC(CO)C(O)CCCCCCCCCCCCCCCCCCCCCCCCC. The molecular formula is C71H139NO5. The molecule has 0 radical (unpaired) electrons. The number of nitrogens with one attached hydrogen (secondary N) is 1. The molecule has 0 aliphatic rings. The molecule has 0 aromatic carbocycles. The van der Waals surface area contributed by atoms with Crippen LogP contribution in [0.5, 0.6) is 0 Å². The van der Waals surface area contributed by atoms with Crippen molar-refractivity contribution in [3.05, 3.63) is 12.2 Å². The summed E-state index contributed by atoms with van der Waals surface area (Å²) in [6.07, 6.45) is 82.5. The fraction of sp³-hybridized carbons (Fsp3) is 0.944. The molecule has 458 valence electrons. The van der Waals surface area contributed by atoms with Gasteiger partial charge < -0.3 is 20.3 Å². The van der Waals surface area contributed by atoms with E-state index in [9.17, 15) is 19.8 Å². The lowest BCUT2D eigenvalue weighted by molar-refractivity contribution is -0.143. The number of esters is 1. The lowest BCUT2D eigenvalue weighted by Gasteiger charge is -2.22. The third kappa shape index (κ3) is 63.6. The molecule has 2 atom stereocenters. The van der Waals surface area contributed by atoms with Crippen molar-refractivity contribution in [3.63, 3.8) is 0 Å². The molecule has 0 rings (SSSR count). The van der Waals surface area contributed by atoms with E-state index in [2.05, 4.69) is 31.3 Å². The van der Waals surface area contributed by atoms with Crippen molar-refractivity contribution in [2.45, 2.75) is 418 Å². The third-order valence-corrected chi connectivity index (χ3v) is 16.8. The van der Waals surface area contributed by atoms with Gasteiger partial charge in [-0.3, -0.25) is 9.59 Å². The van der Waals surface area contributed by atoms with Gasteiger partial charge in [-0.2, -0.15) is 0 Å². The first-order valence-electron chi connectivity index (χ1n) is 35.4. The molecule has 2 unspecified atom stereocenters. The number of hydrogen-bond acceptors (Lipinski definition) is 5. The smallest absolute Gasteiger partial charge is 0.305 e. The number of ether oxygens (including phenoxy) is 1. The van der Waals surface area contributed by atoms with Gasteiger partial charge in [-0.15, -0.1) is 0 Å². The Morgan fingerprint density at radius 3 is 0.922 bits per heavy atom. The molecule has 3 N–H and O–H groups in total. The van der Waals surface area contributed by atoms with Crippen LogP contribution in [0.15, 0.2) is 12.2 Å². The van der Waals surface area contributed by atoms with Gasteiger partial charge in [-0.05, 0) is 51.4 Å². The minimum Gasteiger partial charge on any atom is -0.466 e. The van der Waals surface area contributed by atoms with E-state index in [0.717, 1.165) is 44.9 Å². The van der Waals surface area contributed by atoms with Gasteiger partial charge in [0.15, 0.2) is 0 Å². The maximum absolute atomic E-state index is 12.6. The van der Waals surface area contributed by atoms with E-state index in [4.69, 9.17) is 4.74 Å². The van der Waals surface area contributed by atoms with Gasteiger partial charge in [-0.25, -0.2) is 0 Å². The van der Waals surface area contributed by atoms with E-state index in [1.54, 1.807) is 0 Å². The largest absolute Gasteiger partial charge is 0.466 e. The Hall–Kier alpha value is -1.40. The summed E-state index contributed by atoms with van der Waals surface area (Å²) >= 11 is 0. The molecular weight excluding hydrogens is 947 g/mol. The average molecular weight is 1090 g/mol. The molecule has 0 saturated carbocycles. The standard InChI is InChI=1S/C71H139NO5/c1-3-5-7-9-11-13-15-17-19-20-21-22-24-27-30-33-36-39-43-47-51-55-59-63-69(74)68(67-73)72-70(75)64-60-56-52-48-44-40-37-34-31-28-25-23-26-29-32-35-38-42-46-50-54-58-62-66-77-71(76)65-61-57-53-49-45-41-18-16-14-12-10-8-6-4-2/h16,18,68-69,73-74H,3-15,17,19-67H2,1-2H3,(H,72,75)/b18-16-. The summed E-state index contributed by atoms with van der Waals surface area (Å²) < 4.78 is 5.49. The zero-order valence-corrected chi connectivity index (χ0v) is 52.5. The van der Waals surface area contributed by atoms with E-state index in [1.165, 1.54) is 327 Å². The van der Waals surface area contributed by atoms with E-state index >= 15 is 0 Å². The Balaban J connectivity index is 3.37. The monoisotopic (exact) mass is 1090 g/mol. The number of aliphatic hydroxyl groups excluding tert-OH is 2. The summed E-state index contributed by atoms with van der Waals surface area (Å²) in [5.74, 6) is -0.0222. The maximum atomic E-state index is 12.6. The lowest BCUT2D eigenvalue weighted by Crippen LogP contribution is -2.45. The van der Waals surface area contributed by atoms with Gasteiger partial charge in [0, 0.05) is 12.8 Å². The number of hydrogen-bond donors (Lipinski definition) is 3. The average Bonchev–Trinajstić information content (AvgIpc) is 3.43. The number of carbonyl (C=O) groups excluding carboxylic acids is 2. The topological polar surface area (TPSA) is 95.9 Å². The number of unbranched alkanes of at least 4 members (excludes halogenated alkanes) is 54. The fourth-order valence-corrected chi connectivity index (χ4v) is 11.4. The third-order valence-electron chi connectivity index (χ3n) is 16.8. The van der Waals surface area contributed by atoms with E-state index < -0.39 is 12.1 Å². The number of allylic oxidation sites excluding steroid dienone is 2. The summed E-state index contributed by atoms with van der Waals surface area (Å²) in [6.45, 7) is 4.98. The van der Waals surface area contributed by atoms with Gasteiger partial charge in [0.25, 0.3) is 0 Å². The summed E-state index contributed by atoms with van der Waals surface area (Å²) in [7, 11) is 0. The van der Waals surface area contributed by atoms with E-state index in [0.29, 0.717) is 25.9 Å². The quantitative estimate of drug-likeness (QED) is 0.0320. The molecule has 0 saturated heterocycles. The molecule has 0 spiro atoms. The van der Waals surface area contributed by atoms with Crippen molar-refractivity contribution in [2.75, 3.05) is 13.2 Å². The Labute approximate surface area is 482 Å². The predicted molar refractivity (Wildman–Crippen MR) is 338 cm³/mol. The number of carbonyl (C=O) groups is 2. The highest BCUT2D eigenvalue weighted by atomic mass is 16.5. The van der Waals surface area contributed by atoms with E-state index in [-0.39, 0.29) is 18.5 Å². The zero-order chi connectivity index (χ0) is 55.7. The van der Waals surface area contributed by atoms with Crippen LogP contribution in [-0.4, -0.2) is 47.4 Å². The summed E-state index contributed by atoms with van der Waals surface area (Å²) in [5, 5.41) is 23.4. The van der Waals surface area contributed by atoms with Crippen molar-refractivity contribution < 1.29 is 24.5 Å². The van der Waals surface area contributed by atoms with Crippen molar-refractivity contribution in [1.82, 2.24) is 5.32 Å². The number of aliphatic hydroxyl groups is 2. The Kier molecular flexibility index (Phi) is 65.9. The number of rotatable bonds is 67. The highest BCUT2D eigenvalue weighted by Gasteiger charge is 2.20. The number of amides is 1. The minimum absolute atomic E-state index is 0.00710. The molecule has 1 amide bonds. The first-order chi connectivity index (χ1) is 38.0. The zero-order valence-electron chi connectivity index (χ0n) is 52.5. The molecule has 6 nitrogen and oxygen atoms in total. The van der Waals surface area contributed by atoms with Crippen LogP contribution in [-0.2, 0) is 14.3 Å². The molecule has 0 aliphatic heterocycles. The normalized spacial score (nSPS) is 12.5. The van der Waals surface area contributed by atoms with Crippen LogP contribution in [0.3, 0.4) is 0 Å².